The van der Waals surface area contributed by atoms with Crippen molar-refractivity contribution in [2.75, 3.05) is 18.4 Å². The molecule has 1 aliphatic rings. The Labute approximate surface area is 139 Å². The minimum absolute atomic E-state index is 0.0612. The molecule has 1 atom stereocenters. The molecule has 1 fully saturated rings. The van der Waals surface area contributed by atoms with E-state index in [0.29, 0.717) is 35.5 Å². The van der Waals surface area contributed by atoms with Gasteiger partial charge in [-0.3, -0.25) is 0 Å². The Morgan fingerprint density at radius 2 is 2.22 bits per heavy atom. The number of fused-ring (bicyclic) bond motifs is 1. The molecule has 1 amide bonds. The van der Waals surface area contributed by atoms with Crippen molar-refractivity contribution in [1.29, 1.82) is 0 Å². The van der Waals surface area contributed by atoms with Gasteiger partial charge in [0.15, 0.2) is 5.58 Å². The Bertz CT molecular complexity index is 725. The third kappa shape index (κ3) is 3.85. The van der Waals surface area contributed by atoms with Crippen LogP contribution in [0.4, 0.5) is 10.8 Å². The number of aromatic nitrogens is 2. The highest BCUT2D eigenvalue weighted by molar-refractivity contribution is 6.29. The van der Waals surface area contributed by atoms with Gasteiger partial charge in [-0.25, -0.2) is 9.78 Å². The third-order valence-corrected chi connectivity index (χ3v) is 3.60. The molecule has 7 nitrogen and oxygen atoms in total. The Kier molecular flexibility index (Phi) is 4.06. The summed E-state index contributed by atoms with van der Waals surface area (Å²) >= 11 is 5.83. The average molecular weight is 339 g/mol. The van der Waals surface area contributed by atoms with Gasteiger partial charge in [-0.1, -0.05) is 11.6 Å². The van der Waals surface area contributed by atoms with Crippen LogP contribution in [0.5, 0.6) is 0 Å². The zero-order chi connectivity index (χ0) is 16.6. The lowest BCUT2D eigenvalue weighted by atomic mass is 10.2. The Morgan fingerprint density at radius 3 is 2.96 bits per heavy atom. The third-order valence-electron chi connectivity index (χ3n) is 3.39. The normalized spacial score (nSPS) is 18.4. The number of carbonyl (C=O) groups excluding carboxylic acids is 1. The second-order valence-electron chi connectivity index (χ2n) is 6.53. The van der Waals surface area contributed by atoms with Crippen LogP contribution in [0.25, 0.3) is 11.2 Å². The molecule has 1 aliphatic heterocycles. The second kappa shape index (κ2) is 5.88. The van der Waals surface area contributed by atoms with E-state index in [2.05, 4.69) is 15.3 Å². The molecule has 8 heteroatoms. The van der Waals surface area contributed by atoms with Gasteiger partial charge in [0.2, 0.25) is 5.65 Å². The first-order chi connectivity index (χ1) is 10.8. The van der Waals surface area contributed by atoms with Gasteiger partial charge in [0.05, 0.1) is 0 Å². The number of nitrogens with zero attached hydrogens (tertiary/aromatic N) is 3. The fourth-order valence-corrected chi connectivity index (χ4v) is 2.55. The van der Waals surface area contributed by atoms with Gasteiger partial charge in [-0.2, -0.15) is 4.98 Å². The van der Waals surface area contributed by atoms with Crippen molar-refractivity contribution in [3.05, 3.63) is 17.3 Å². The summed E-state index contributed by atoms with van der Waals surface area (Å²) in [5.74, 6) is 0. The molecule has 0 spiro atoms. The molecule has 0 bridgehead atoms. The van der Waals surface area contributed by atoms with E-state index in [1.165, 1.54) is 0 Å². The summed E-state index contributed by atoms with van der Waals surface area (Å²) in [6, 6.07) is 3.82. The van der Waals surface area contributed by atoms with Crippen molar-refractivity contribution in [3.63, 3.8) is 0 Å². The second-order valence-corrected chi connectivity index (χ2v) is 6.92. The molecule has 1 unspecified atom stereocenters. The summed E-state index contributed by atoms with van der Waals surface area (Å²) in [4.78, 5) is 22.1. The molecule has 3 rings (SSSR count). The minimum atomic E-state index is -0.492. The molecular formula is C15H19ClN4O3. The van der Waals surface area contributed by atoms with Crippen LogP contribution in [0.1, 0.15) is 27.2 Å². The summed E-state index contributed by atoms with van der Waals surface area (Å²) in [7, 11) is 0. The van der Waals surface area contributed by atoms with E-state index < -0.39 is 5.60 Å². The van der Waals surface area contributed by atoms with Crippen molar-refractivity contribution in [2.45, 2.75) is 38.8 Å². The Balaban J connectivity index is 1.61. The summed E-state index contributed by atoms with van der Waals surface area (Å²) in [5.41, 5.74) is 0.536. The molecule has 0 saturated carbocycles. The number of nitrogens with one attached hydrogen (secondary N) is 1. The number of likely N-dealkylation sites (tertiary alicyclic amines) is 1. The summed E-state index contributed by atoms with van der Waals surface area (Å²) in [6.07, 6.45) is 0.499. The van der Waals surface area contributed by atoms with Crippen LogP contribution in [-0.2, 0) is 4.74 Å². The quantitative estimate of drug-likeness (QED) is 0.846. The van der Waals surface area contributed by atoms with Crippen molar-refractivity contribution >= 4 is 34.9 Å². The maximum atomic E-state index is 12.0. The number of hydrogen-bond donors (Lipinski definition) is 1. The van der Waals surface area contributed by atoms with E-state index in [0.717, 1.165) is 6.42 Å². The molecule has 0 aliphatic carbocycles. The topological polar surface area (TPSA) is 80.5 Å². The number of hydrogen-bond acceptors (Lipinski definition) is 6. The van der Waals surface area contributed by atoms with E-state index in [-0.39, 0.29) is 12.1 Å². The monoisotopic (exact) mass is 338 g/mol. The molecule has 3 heterocycles. The number of amides is 1. The summed E-state index contributed by atoms with van der Waals surface area (Å²) in [6.45, 7) is 6.74. The van der Waals surface area contributed by atoms with Crippen LogP contribution in [0.15, 0.2) is 16.5 Å². The number of ether oxygens (including phenoxy) is 1. The van der Waals surface area contributed by atoms with E-state index >= 15 is 0 Å². The van der Waals surface area contributed by atoms with Crippen molar-refractivity contribution in [3.8, 4) is 0 Å². The zero-order valence-corrected chi connectivity index (χ0v) is 14.1. The molecule has 1 N–H and O–H groups in total. The number of oxazole rings is 1. The van der Waals surface area contributed by atoms with Crippen molar-refractivity contribution in [2.24, 2.45) is 0 Å². The van der Waals surface area contributed by atoms with Crippen molar-refractivity contribution in [1.82, 2.24) is 14.9 Å². The largest absolute Gasteiger partial charge is 0.444 e. The molecule has 2 aromatic rings. The van der Waals surface area contributed by atoms with E-state index in [1.807, 2.05) is 20.8 Å². The van der Waals surface area contributed by atoms with Gasteiger partial charge < -0.3 is 19.4 Å². The lowest BCUT2D eigenvalue weighted by Crippen LogP contribution is -2.36. The molecule has 0 aromatic carbocycles. The number of carbonyl (C=O) groups is 1. The van der Waals surface area contributed by atoms with Gasteiger partial charge in [0.1, 0.15) is 10.8 Å². The van der Waals surface area contributed by atoms with Gasteiger partial charge in [0, 0.05) is 19.1 Å². The molecule has 0 radical (unpaired) electrons. The molecule has 124 valence electrons. The van der Waals surface area contributed by atoms with Gasteiger partial charge in [-0.15, -0.1) is 0 Å². The van der Waals surface area contributed by atoms with E-state index in [4.69, 9.17) is 20.8 Å². The van der Waals surface area contributed by atoms with Crippen LogP contribution < -0.4 is 5.32 Å². The first-order valence-corrected chi connectivity index (χ1v) is 7.85. The highest BCUT2D eigenvalue weighted by Gasteiger charge is 2.30. The standard InChI is InChI=1S/C15H19ClN4O3/c1-15(2,3)23-14(21)20-7-6-9(8-20)17-13-19-12-10(22-13)4-5-11(16)18-12/h4-5,9H,6-8H2,1-3H3,(H,17,18,19). The summed E-state index contributed by atoms with van der Waals surface area (Å²) in [5, 5.41) is 3.56. The lowest BCUT2D eigenvalue weighted by molar-refractivity contribution is 0.0293. The van der Waals surface area contributed by atoms with Crippen LogP contribution in [-0.4, -0.2) is 45.7 Å². The van der Waals surface area contributed by atoms with Crippen LogP contribution in [0.3, 0.4) is 0 Å². The predicted molar refractivity (Wildman–Crippen MR) is 86.6 cm³/mol. The SMILES string of the molecule is CC(C)(C)OC(=O)N1CCC(Nc2nc3nc(Cl)ccc3o2)C1. The lowest BCUT2D eigenvalue weighted by Gasteiger charge is -2.24. The Hall–Kier alpha value is -2.02. The minimum Gasteiger partial charge on any atom is -0.444 e. The zero-order valence-electron chi connectivity index (χ0n) is 13.3. The highest BCUT2D eigenvalue weighted by Crippen LogP contribution is 2.22. The molecule has 2 aromatic heterocycles. The average Bonchev–Trinajstić information content (AvgIpc) is 3.03. The smallest absolute Gasteiger partial charge is 0.410 e. The predicted octanol–water partition coefficient (Wildman–Crippen LogP) is 3.30. The number of rotatable bonds is 2. The van der Waals surface area contributed by atoms with Crippen LogP contribution in [0, 0.1) is 0 Å². The van der Waals surface area contributed by atoms with E-state index in [9.17, 15) is 4.79 Å². The maximum Gasteiger partial charge on any atom is 0.410 e. The number of halogens is 1. The fraction of sp³-hybridized carbons (Fsp3) is 0.533. The number of anilines is 1. The molecule has 1 saturated heterocycles. The first kappa shape index (κ1) is 15.9. The summed E-state index contributed by atoms with van der Waals surface area (Å²) < 4.78 is 11.0. The molecule has 23 heavy (non-hydrogen) atoms. The van der Waals surface area contributed by atoms with Crippen molar-refractivity contribution < 1.29 is 13.9 Å². The van der Waals surface area contributed by atoms with Gasteiger partial charge >= 0.3 is 6.09 Å². The maximum absolute atomic E-state index is 12.0. The van der Waals surface area contributed by atoms with Gasteiger partial charge in [0.25, 0.3) is 6.01 Å². The number of pyridine rings is 1. The van der Waals surface area contributed by atoms with Crippen LogP contribution >= 0.6 is 11.6 Å². The fourth-order valence-electron chi connectivity index (χ4n) is 2.40. The Morgan fingerprint density at radius 1 is 1.43 bits per heavy atom. The first-order valence-electron chi connectivity index (χ1n) is 7.48. The molecular weight excluding hydrogens is 320 g/mol. The van der Waals surface area contributed by atoms with Crippen LogP contribution in [0.2, 0.25) is 5.15 Å². The van der Waals surface area contributed by atoms with E-state index in [1.54, 1.807) is 17.0 Å². The van der Waals surface area contributed by atoms with Gasteiger partial charge in [-0.05, 0) is 39.3 Å². The highest BCUT2D eigenvalue weighted by atomic mass is 35.5.